The predicted molar refractivity (Wildman–Crippen MR) is 113 cm³/mol. The Bertz CT molecular complexity index is 1020. The Morgan fingerprint density at radius 2 is 1.78 bits per heavy atom. The summed E-state index contributed by atoms with van der Waals surface area (Å²) in [5.41, 5.74) is 0.130. The van der Waals surface area contributed by atoms with Crippen LogP contribution in [0.4, 0.5) is 13.2 Å². The van der Waals surface area contributed by atoms with Crippen LogP contribution in [0.5, 0.6) is 11.5 Å². The molecule has 2 aromatic carbocycles. The molecule has 0 saturated carbocycles. The van der Waals surface area contributed by atoms with Crippen molar-refractivity contribution in [3.63, 3.8) is 0 Å². The third kappa shape index (κ3) is 5.53. The Hall–Kier alpha value is -3.20. The summed E-state index contributed by atoms with van der Waals surface area (Å²) in [6, 6.07) is 8.32. The molecule has 0 aliphatic carbocycles. The molecule has 1 heterocycles. The molecule has 0 spiro atoms. The van der Waals surface area contributed by atoms with Crippen molar-refractivity contribution < 1.29 is 32.2 Å². The van der Waals surface area contributed by atoms with E-state index in [1.54, 1.807) is 6.07 Å². The maximum atomic E-state index is 14.0. The van der Waals surface area contributed by atoms with E-state index in [0.717, 1.165) is 6.07 Å². The molecule has 170 valence electrons. The number of piperazine rings is 1. The Kier molecular flexibility index (Phi) is 7.63. The first-order chi connectivity index (χ1) is 15.3. The van der Waals surface area contributed by atoms with Gasteiger partial charge in [-0.05, 0) is 30.3 Å². The van der Waals surface area contributed by atoms with Crippen LogP contribution in [0.15, 0.2) is 42.5 Å². The van der Waals surface area contributed by atoms with Gasteiger partial charge in [0.1, 0.15) is 5.82 Å². The Labute approximate surface area is 187 Å². The van der Waals surface area contributed by atoms with Gasteiger partial charge in [-0.15, -0.1) is 0 Å². The second-order valence-corrected chi connectivity index (χ2v) is 7.27. The molecule has 6 nitrogen and oxygen atoms in total. The topological polar surface area (TPSA) is 59.1 Å². The molecule has 2 aromatic rings. The number of halogens is 4. The Morgan fingerprint density at radius 3 is 2.44 bits per heavy atom. The molecule has 32 heavy (non-hydrogen) atoms. The van der Waals surface area contributed by atoms with Gasteiger partial charge >= 0.3 is 6.61 Å². The Morgan fingerprint density at radius 1 is 1.09 bits per heavy atom. The molecule has 2 amide bonds. The van der Waals surface area contributed by atoms with Crippen LogP contribution in [0.2, 0.25) is 5.02 Å². The fourth-order valence-corrected chi connectivity index (χ4v) is 3.44. The van der Waals surface area contributed by atoms with Gasteiger partial charge in [-0.25, -0.2) is 4.39 Å². The zero-order valence-electron chi connectivity index (χ0n) is 17.1. The first kappa shape index (κ1) is 23.5. The summed E-state index contributed by atoms with van der Waals surface area (Å²) in [6.45, 7) is -2.17. The van der Waals surface area contributed by atoms with Gasteiger partial charge in [0, 0.05) is 42.8 Å². The molecule has 0 bridgehead atoms. The number of para-hydroxylation sites is 1. The first-order valence-electron chi connectivity index (χ1n) is 9.63. The van der Waals surface area contributed by atoms with Crippen molar-refractivity contribution in [2.24, 2.45) is 0 Å². The van der Waals surface area contributed by atoms with E-state index < -0.39 is 18.3 Å². The number of hydrogen-bond acceptors (Lipinski definition) is 4. The number of hydrogen-bond donors (Lipinski definition) is 0. The molecule has 0 unspecified atom stereocenters. The molecule has 1 aliphatic heterocycles. The average Bonchev–Trinajstić information content (AvgIpc) is 2.79. The van der Waals surface area contributed by atoms with E-state index in [2.05, 4.69) is 4.74 Å². The summed E-state index contributed by atoms with van der Waals surface area (Å²) in [7, 11) is 1.32. The van der Waals surface area contributed by atoms with Crippen LogP contribution in [-0.4, -0.2) is 61.5 Å². The normalized spacial score (nSPS) is 14.2. The molecule has 1 saturated heterocycles. The van der Waals surface area contributed by atoms with Gasteiger partial charge in [0.05, 0.1) is 12.7 Å². The maximum absolute atomic E-state index is 14.0. The van der Waals surface area contributed by atoms with E-state index in [0.29, 0.717) is 0 Å². The van der Waals surface area contributed by atoms with Crippen molar-refractivity contribution in [1.82, 2.24) is 9.80 Å². The molecule has 0 aromatic heterocycles. The summed E-state index contributed by atoms with van der Waals surface area (Å²) in [4.78, 5) is 28.1. The molecule has 1 aliphatic rings. The summed E-state index contributed by atoms with van der Waals surface area (Å²) in [5.74, 6) is -1.59. The van der Waals surface area contributed by atoms with Crippen LogP contribution in [0.25, 0.3) is 6.08 Å². The van der Waals surface area contributed by atoms with E-state index in [1.165, 1.54) is 53.3 Å². The number of amides is 2. The largest absolute Gasteiger partial charge is 0.493 e. The van der Waals surface area contributed by atoms with Crippen LogP contribution < -0.4 is 9.47 Å². The molecule has 1 fully saturated rings. The van der Waals surface area contributed by atoms with E-state index in [1.807, 2.05) is 0 Å². The van der Waals surface area contributed by atoms with Gasteiger partial charge in [0.15, 0.2) is 11.5 Å². The van der Waals surface area contributed by atoms with E-state index in [9.17, 15) is 22.8 Å². The third-order valence-corrected chi connectivity index (χ3v) is 5.11. The van der Waals surface area contributed by atoms with Crippen molar-refractivity contribution in [3.8, 4) is 11.5 Å². The number of benzene rings is 2. The van der Waals surface area contributed by atoms with Crippen molar-refractivity contribution in [2.75, 3.05) is 33.3 Å². The standard InChI is InChI=1S/C22H20ClF3N2O4/c1-31-18-4-2-3-14(20(18)32-22(25)26)5-8-19(29)27-9-11-28(12-10-27)21(30)16-13-15(23)6-7-17(16)24/h2-8,13,22H,9-12H2,1H3/b8-5+. The zero-order chi connectivity index (χ0) is 23.3. The number of rotatable bonds is 6. The second kappa shape index (κ2) is 10.4. The number of nitrogens with zero attached hydrogens (tertiary/aromatic N) is 2. The monoisotopic (exact) mass is 468 g/mol. The first-order valence-corrected chi connectivity index (χ1v) is 10.0. The lowest BCUT2D eigenvalue weighted by atomic mass is 10.1. The van der Waals surface area contributed by atoms with Crippen molar-refractivity contribution in [2.45, 2.75) is 6.61 Å². The third-order valence-electron chi connectivity index (χ3n) is 4.88. The molecule has 0 N–H and O–H groups in total. The van der Waals surface area contributed by atoms with Crippen molar-refractivity contribution in [1.29, 1.82) is 0 Å². The highest BCUT2D eigenvalue weighted by atomic mass is 35.5. The minimum Gasteiger partial charge on any atom is -0.493 e. The summed E-state index contributed by atoms with van der Waals surface area (Å²) in [6.07, 6.45) is 2.60. The van der Waals surface area contributed by atoms with Gasteiger partial charge in [-0.1, -0.05) is 23.7 Å². The molecular weight excluding hydrogens is 449 g/mol. The number of carbonyl (C=O) groups is 2. The summed E-state index contributed by atoms with van der Waals surface area (Å²) < 4.78 is 49.0. The summed E-state index contributed by atoms with van der Waals surface area (Å²) in [5, 5.41) is 0.251. The highest BCUT2D eigenvalue weighted by Gasteiger charge is 2.26. The van der Waals surface area contributed by atoms with Gasteiger partial charge in [-0.2, -0.15) is 8.78 Å². The van der Waals surface area contributed by atoms with Gasteiger partial charge < -0.3 is 19.3 Å². The lowest BCUT2D eigenvalue weighted by molar-refractivity contribution is -0.127. The smallest absolute Gasteiger partial charge is 0.387 e. The lowest BCUT2D eigenvalue weighted by Crippen LogP contribution is -2.50. The minimum atomic E-state index is -3.05. The van der Waals surface area contributed by atoms with Gasteiger partial charge in [0.25, 0.3) is 5.91 Å². The van der Waals surface area contributed by atoms with Crippen LogP contribution in [0, 0.1) is 5.82 Å². The predicted octanol–water partition coefficient (Wildman–Crippen LogP) is 4.09. The number of ether oxygens (including phenoxy) is 2. The van der Waals surface area contributed by atoms with Crippen LogP contribution in [0.3, 0.4) is 0 Å². The number of methoxy groups -OCH3 is 1. The van der Waals surface area contributed by atoms with Crippen LogP contribution >= 0.6 is 11.6 Å². The quantitative estimate of drug-likeness (QED) is 0.599. The molecular formula is C22H20ClF3N2O4. The van der Waals surface area contributed by atoms with E-state index in [-0.39, 0.29) is 59.7 Å². The fraction of sp³-hybridized carbons (Fsp3) is 0.273. The van der Waals surface area contributed by atoms with E-state index >= 15 is 0 Å². The number of carbonyl (C=O) groups excluding carboxylic acids is 2. The SMILES string of the molecule is COc1cccc(/C=C/C(=O)N2CCN(C(=O)c3cc(Cl)ccc3F)CC2)c1OC(F)F. The molecule has 0 atom stereocenters. The molecule has 3 rings (SSSR count). The van der Waals surface area contributed by atoms with Crippen LogP contribution in [0.1, 0.15) is 15.9 Å². The fourth-order valence-electron chi connectivity index (χ4n) is 3.27. The molecule has 10 heteroatoms. The summed E-state index contributed by atoms with van der Waals surface area (Å²) >= 11 is 5.85. The minimum absolute atomic E-state index is 0.111. The van der Waals surface area contributed by atoms with E-state index in [4.69, 9.17) is 16.3 Å². The Balaban J connectivity index is 1.64. The lowest BCUT2D eigenvalue weighted by Gasteiger charge is -2.34. The van der Waals surface area contributed by atoms with Crippen LogP contribution in [-0.2, 0) is 4.79 Å². The number of alkyl halides is 2. The highest BCUT2D eigenvalue weighted by Crippen LogP contribution is 2.33. The highest BCUT2D eigenvalue weighted by molar-refractivity contribution is 6.31. The van der Waals surface area contributed by atoms with Gasteiger partial charge in [-0.3, -0.25) is 9.59 Å². The zero-order valence-corrected chi connectivity index (χ0v) is 17.8. The maximum Gasteiger partial charge on any atom is 0.387 e. The average molecular weight is 469 g/mol. The van der Waals surface area contributed by atoms with Crippen molar-refractivity contribution in [3.05, 3.63) is 64.4 Å². The molecule has 0 radical (unpaired) electrons. The van der Waals surface area contributed by atoms with Gasteiger partial charge in [0.2, 0.25) is 5.91 Å². The van der Waals surface area contributed by atoms with Crippen molar-refractivity contribution >= 4 is 29.5 Å². The second-order valence-electron chi connectivity index (χ2n) is 6.83.